The van der Waals surface area contributed by atoms with Gasteiger partial charge >= 0.3 is 5.69 Å². The van der Waals surface area contributed by atoms with Crippen molar-refractivity contribution < 1.29 is 9.53 Å². The molecule has 0 aliphatic carbocycles. The SMILES string of the molecule is Cc1ccc(NC(=O)COc2c(Cl)cc(C=Nn3c(=O)[nH]c4ccccc4c3=O)cc2Br)cc1. The van der Waals surface area contributed by atoms with Crippen LogP contribution in [0, 0.1) is 6.92 Å². The number of aryl methyl sites for hydroxylation is 1. The van der Waals surface area contributed by atoms with E-state index in [1.165, 1.54) is 6.21 Å². The monoisotopic (exact) mass is 540 g/mol. The molecule has 0 bridgehead atoms. The summed E-state index contributed by atoms with van der Waals surface area (Å²) in [6.07, 6.45) is 1.33. The highest BCUT2D eigenvalue weighted by atomic mass is 79.9. The van der Waals surface area contributed by atoms with Crippen LogP contribution in [0.3, 0.4) is 0 Å². The number of hydrogen-bond acceptors (Lipinski definition) is 5. The highest BCUT2D eigenvalue weighted by Crippen LogP contribution is 2.34. The van der Waals surface area contributed by atoms with E-state index in [2.05, 4.69) is 31.3 Å². The molecule has 0 unspecified atom stereocenters. The molecule has 1 heterocycles. The Morgan fingerprint density at radius 1 is 1.18 bits per heavy atom. The van der Waals surface area contributed by atoms with Crippen molar-refractivity contribution in [1.82, 2.24) is 9.66 Å². The molecule has 0 aliphatic heterocycles. The second-order valence-corrected chi connectivity index (χ2v) is 8.62. The Morgan fingerprint density at radius 3 is 2.65 bits per heavy atom. The maximum atomic E-state index is 12.6. The highest BCUT2D eigenvalue weighted by Gasteiger charge is 2.12. The van der Waals surface area contributed by atoms with E-state index >= 15 is 0 Å². The Kier molecular flexibility index (Phi) is 6.95. The lowest BCUT2D eigenvalue weighted by atomic mass is 10.2. The summed E-state index contributed by atoms with van der Waals surface area (Å²) in [4.78, 5) is 39.7. The van der Waals surface area contributed by atoms with Crippen molar-refractivity contribution in [2.24, 2.45) is 5.10 Å². The minimum Gasteiger partial charge on any atom is -0.481 e. The summed E-state index contributed by atoms with van der Waals surface area (Å²) in [5, 5.41) is 7.32. The molecule has 34 heavy (non-hydrogen) atoms. The van der Waals surface area contributed by atoms with Gasteiger partial charge in [0.1, 0.15) is 0 Å². The molecule has 0 radical (unpaired) electrons. The number of halogens is 2. The second kappa shape index (κ2) is 10.1. The third kappa shape index (κ3) is 5.27. The number of anilines is 1. The predicted octanol–water partition coefficient (Wildman–Crippen LogP) is 4.31. The van der Waals surface area contributed by atoms with Crippen molar-refractivity contribution >= 4 is 56.2 Å². The van der Waals surface area contributed by atoms with Gasteiger partial charge in [-0.1, -0.05) is 41.4 Å². The van der Waals surface area contributed by atoms with E-state index in [1.807, 2.05) is 19.1 Å². The number of rotatable bonds is 6. The van der Waals surface area contributed by atoms with E-state index in [4.69, 9.17) is 16.3 Å². The van der Waals surface area contributed by atoms with Crippen LogP contribution < -0.4 is 21.3 Å². The quantitative estimate of drug-likeness (QED) is 0.355. The van der Waals surface area contributed by atoms with Crippen LogP contribution in [0.15, 0.2) is 79.8 Å². The first-order chi connectivity index (χ1) is 16.3. The number of carbonyl (C=O) groups is 1. The Balaban J connectivity index is 1.49. The standard InChI is InChI=1S/C24H18BrClN4O4/c1-14-6-8-16(9-7-14)28-21(31)13-34-22-18(25)10-15(11-19(22)26)12-27-30-23(32)17-4-2-3-5-20(17)29-24(30)33/h2-12H,13H2,1H3,(H,28,31)(H,29,33). The number of para-hydroxylation sites is 1. The number of nitrogens with zero attached hydrogens (tertiary/aromatic N) is 2. The number of hydrogen-bond donors (Lipinski definition) is 2. The highest BCUT2D eigenvalue weighted by molar-refractivity contribution is 9.10. The van der Waals surface area contributed by atoms with Crippen LogP contribution in [0.5, 0.6) is 5.75 Å². The van der Waals surface area contributed by atoms with Crippen molar-refractivity contribution in [1.29, 1.82) is 0 Å². The molecule has 1 aromatic heterocycles. The number of benzene rings is 3. The maximum Gasteiger partial charge on any atom is 0.349 e. The van der Waals surface area contributed by atoms with Crippen LogP contribution in [0.1, 0.15) is 11.1 Å². The van der Waals surface area contributed by atoms with Crippen molar-refractivity contribution in [3.8, 4) is 5.75 Å². The molecule has 4 rings (SSSR count). The van der Waals surface area contributed by atoms with Gasteiger partial charge < -0.3 is 15.0 Å². The van der Waals surface area contributed by atoms with Crippen LogP contribution >= 0.6 is 27.5 Å². The third-order valence-electron chi connectivity index (χ3n) is 4.81. The maximum absolute atomic E-state index is 12.6. The summed E-state index contributed by atoms with van der Waals surface area (Å²) in [5.74, 6) is -0.0639. The average Bonchev–Trinajstić information content (AvgIpc) is 2.80. The second-order valence-electron chi connectivity index (χ2n) is 7.35. The number of nitrogens with one attached hydrogen (secondary N) is 2. The molecule has 0 atom stereocenters. The minimum absolute atomic E-state index is 0.221. The lowest BCUT2D eigenvalue weighted by Crippen LogP contribution is -2.32. The largest absolute Gasteiger partial charge is 0.481 e. The van der Waals surface area contributed by atoms with Gasteiger partial charge in [0.25, 0.3) is 11.5 Å². The van der Waals surface area contributed by atoms with Crippen molar-refractivity contribution in [3.05, 3.63) is 102 Å². The summed E-state index contributed by atoms with van der Waals surface area (Å²) < 4.78 is 6.80. The molecular weight excluding hydrogens is 524 g/mol. The minimum atomic E-state index is -0.662. The number of aromatic nitrogens is 2. The van der Waals surface area contributed by atoms with Crippen molar-refractivity contribution in [2.75, 3.05) is 11.9 Å². The molecule has 1 amide bonds. The van der Waals surface area contributed by atoms with Gasteiger partial charge in [-0.25, -0.2) is 4.79 Å². The zero-order valence-corrected chi connectivity index (χ0v) is 20.2. The number of aromatic amines is 1. The molecule has 10 heteroatoms. The number of ether oxygens (including phenoxy) is 1. The molecule has 8 nitrogen and oxygen atoms in total. The van der Waals surface area contributed by atoms with E-state index in [0.717, 1.165) is 10.2 Å². The Bertz CT molecular complexity index is 1500. The van der Waals surface area contributed by atoms with Crippen molar-refractivity contribution in [2.45, 2.75) is 6.92 Å². The Morgan fingerprint density at radius 2 is 1.91 bits per heavy atom. The fourth-order valence-corrected chi connectivity index (χ4v) is 4.13. The summed E-state index contributed by atoms with van der Waals surface area (Å²) >= 11 is 9.70. The first-order valence-electron chi connectivity index (χ1n) is 10.1. The first kappa shape index (κ1) is 23.5. The number of fused-ring (bicyclic) bond motifs is 1. The molecule has 4 aromatic rings. The fraction of sp³-hybridized carbons (Fsp3) is 0.0833. The van der Waals surface area contributed by atoms with Crippen LogP contribution in [-0.4, -0.2) is 28.4 Å². The molecule has 0 saturated heterocycles. The smallest absolute Gasteiger partial charge is 0.349 e. The van der Waals surface area contributed by atoms with Crippen LogP contribution in [0.2, 0.25) is 5.02 Å². The zero-order chi connectivity index (χ0) is 24.2. The third-order valence-corrected chi connectivity index (χ3v) is 5.68. The Labute approximate surface area is 207 Å². The zero-order valence-electron chi connectivity index (χ0n) is 17.8. The summed E-state index contributed by atoms with van der Waals surface area (Å²) in [7, 11) is 0. The van der Waals surface area contributed by atoms with E-state index in [-0.39, 0.29) is 23.3 Å². The normalized spacial score (nSPS) is 11.1. The van der Waals surface area contributed by atoms with Gasteiger partial charge in [0.15, 0.2) is 12.4 Å². The Hall–Kier alpha value is -3.69. The first-order valence-corrected chi connectivity index (χ1v) is 11.3. The fourth-order valence-electron chi connectivity index (χ4n) is 3.15. The molecule has 0 fully saturated rings. The number of H-pyrrole nitrogens is 1. The van der Waals surface area contributed by atoms with Crippen LogP contribution in [-0.2, 0) is 4.79 Å². The van der Waals surface area contributed by atoms with Gasteiger partial charge in [-0.2, -0.15) is 5.10 Å². The van der Waals surface area contributed by atoms with Crippen molar-refractivity contribution in [3.63, 3.8) is 0 Å². The van der Waals surface area contributed by atoms with Gasteiger partial charge in [-0.3, -0.25) is 9.59 Å². The van der Waals surface area contributed by atoms with Gasteiger partial charge in [-0.15, -0.1) is 4.68 Å². The van der Waals surface area contributed by atoms with Gasteiger partial charge in [0, 0.05) is 5.69 Å². The van der Waals surface area contributed by atoms with E-state index < -0.39 is 11.2 Å². The van der Waals surface area contributed by atoms with E-state index in [0.29, 0.717) is 26.6 Å². The van der Waals surface area contributed by atoms with Gasteiger partial charge in [-0.05, 0) is 64.8 Å². The average molecular weight is 542 g/mol. The van der Waals surface area contributed by atoms with E-state index in [1.54, 1.807) is 48.5 Å². The lowest BCUT2D eigenvalue weighted by Gasteiger charge is -2.11. The number of amides is 1. The molecule has 2 N–H and O–H groups in total. The summed E-state index contributed by atoms with van der Waals surface area (Å²) in [6, 6.07) is 17.2. The van der Waals surface area contributed by atoms with Gasteiger partial charge in [0.2, 0.25) is 0 Å². The topological polar surface area (TPSA) is 106 Å². The summed E-state index contributed by atoms with van der Waals surface area (Å²) in [6.45, 7) is 1.71. The van der Waals surface area contributed by atoms with Gasteiger partial charge in [0.05, 0.1) is 26.6 Å². The molecule has 3 aromatic carbocycles. The van der Waals surface area contributed by atoms with Crippen LogP contribution in [0.4, 0.5) is 5.69 Å². The van der Waals surface area contributed by atoms with E-state index in [9.17, 15) is 14.4 Å². The molecule has 0 saturated carbocycles. The molecule has 0 spiro atoms. The molecular formula is C24H18BrClN4O4. The summed E-state index contributed by atoms with van der Waals surface area (Å²) in [5.41, 5.74) is 1.49. The predicted molar refractivity (Wildman–Crippen MR) is 136 cm³/mol. The lowest BCUT2D eigenvalue weighted by molar-refractivity contribution is -0.118. The van der Waals surface area contributed by atoms with Crippen LogP contribution in [0.25, 0.3) is 10.9 Å². The molecule has 172 valence electrons. The molecule has 0 aliphatic rings. The number of carbonyl (C=O) groups excluding carboxylic acids is 1.